The molecule has 3 aromatic heterocycles. The van der Waals surface area contributed by atoms with Crippen molar-refractivity contribution in [2.45, 2.75) is 20.1 Å². The lowest BCUT2D eigenvalue weighted by Crippen LogP contribution is -2.21. The number of aromatic nitrogens is 2. The van der Waals surface area contributed by atoms with Crippen molar-refractivity contribution >= 4 is 21.4 Å². The molecule has 0 saturated carbocycles. The van der Waals surface area contributed by atoms with Gasteiger partial charge in [0.15, 0.2) is 11.5 Å². The van der Waals surface area contributed by atoms with Gasteiger partial charge in [0.25, 0.3) is 0 Å². The van der Waals surface area contributed by atoms with Crippen LogP contribution >= 0.6 is 11.6 Å². The van der Waals surface area contributed by atoms with E-state index in [1.165, 1.54) is 12.5 Å². The monoisotopic (exact) mass is 576 g/mol. The number of ether oxygens (including phenoxy) is 2. The Kier molecular flexibility index (Phi) is 9.41. The second-order valence-corrected chi connectivity index (χ2v) is 11.4. The Morgan fingerprint density at radius 2 is 1.98 bits per heavy atom. The summed E-state index contributed by atoms with van der Waals surface area (Å²) in [6.45, 7) is 2.69. The van der Waals surface area contributed by atoms with E-state index in [1.54, 1.807) is 43.5 Å². The third kappa shape index (κ3) is 8.08. The van der Waals surface area contributed by atoms with Crippen molar-refractivity contribution in [3.8, 4) is 35.2 Å². The van der Waals surface area contributed by atoms with Crippen LogP contribution in [0, 0.1) is 30.1 Å². The van der Waals surface area contributed by atoms with Gasteiger partial charge in [-0.25, -0.2) is 8.42 Å². The number of hydrogen-bond donors (Lipinski definition) is 1. The first-order valence-corrected chi connectivity index (χ1v) is 14.5. The summed E-state index contributed by atoms with van der Waals surface area (Å²) >= 11 is 6.44. The van der Waals surface area contributed by atoms with Crippen molar-refractivity contribution in [3.63, 3.8) is 0 Å². The van der Waals surface area contributed by atoms with Crippen molar-refractivity contribution in [2.24, 2.45) is 0 Å². The predicted molar refractivity (Wildman–Crippen MR) is 150 cm³/mol. The highest BCUT2D eigenvalue weighted by atomic mass is 35.5. The molecule has 0 spiro atoms. The zero-order valence-electron chi connectivity index (χ0n) is 21.8. The molecular weight excluding hydrogens is 552 g/mol. The lowest BCUT2D eigenvalue weighted by atomic mass is 10.1. The van der Waals surface area contributed by atoms with Crippen LogP contribution in [0.15, 0.2) is 65.3 Å². The van der Waals surface area contributed by atoms with Crippen LogP contribution in [0.1, 0.15) is 34.0 Å². The van der Waals surface area contributed by atoms with Crippen LogP contribution in [-0.2, 0) is 23.0 Å². The number of pyridine rings is 2. The Bertz CT molecular complexity index is 1700. The van der Waals surface area contributed by atoms with E-state index in [0.717, 1.165) is 5.69 Å². The summed E-state index contributed by atoms with van der Waals surface area (Å²) in [5, 5.41) is 13.0. The van der Waals surface area contributed by atoms with E-state index in [9.17, 15) is 13.7 Å². The summed E-state index contributed by atoms with van der Waals surface area (Å²) in [7, 11) is -3.04. The number of nitrogens with zero attached hydrogens (tertiary/aromatic N) is 3. The number of sulfone groups is 1. The Labute approximate surface area is 237 Å². The van der Waals surface area contributed by atoms with Crippen molar-refractivity contribution in [1.29, 1.82) is 5.26 Å². The third-order valence-corrected chi connectivity index (χ3v) is 6.73. The van der Waals surface area contributed by atoms with Gasteiger partial charge in [0, 0.05) is 31.3 Å². The van der Waals surface area contributed by atoms with E-state index in [4.69, 9.17) is 25.5 Å². The van der Waals surface area contributed by atoms with Crippen LogP contribution in [0.4, 0.5) is 0 Å². The minimum absolute atomic E-state index is 0.0385. The Hall–Kier alpha value is -4.35. The molecule has 4 rings (SSSR count). The van der Waals surface area contributed by atoms with Gasteiger partial charge in [0.05, 0.1) is 34.3 Å². The third-order valence-electron chi connectivity index (χ3n) is 5.49. The van der Waals surface area contributed by atoms with Crippen LogP contribution in [0.2, 0.25) is 5.02 Å². The molecule has 40 heavy (non-hydrogen) atoms. The van der Waals surface area contributed by atoms with Gasteiger partial charge in [0.1, 0.15) is 45.3 Å². The molecule has 0 bridgehead atoms. The van der Waals surface area contributed by atoms with Crippen molar-refractivity contribution in [2.75, 3.05) is 18.6 Å². The van der Waals surface area contributed by atoms with Gasteiger partial charge < -0.3 is 19.2 Å². The SMILES string of the molecule is Cc1ncc(C#N)c(Oc2ccc(OCc3ccccn3)c(Cl)c2)c1C#Cc1ccc(CNCCS(C)(=O)=O)o1. The zero-order chi connectivity index (χ0) is 28.5. The minimum Gasteiger partial charge on any atom is -0.486 e. The van der Waals surface area contributed by atoms with Crippen LogP contribution in [0.5, 0.6) is 17.2 Å². The summed E-state index contributed by atoms with van der Waals surface area (Å²) in [5.74, 6) is 8.09. The molecule has 0 amide bonds. The normalized spacial score (nSPS) is 10.8. The van der Waals surface area contributed by atoms with Crippen molar-refractivity contribution in [1.82, 2.24) is 15.3 Å². The van der Waals surface area contributed by atoms with Gasteiger partial charge >= 0.3 is 0 Å². The second kappa shape index (κ2) is 13.1. The highest BCUT2D eigenvalue weighted by molar-refractivity contribution is 7.90. The Balaban J connectivity index is 1.50. The van der Waals surface area contributed by atoms with Gasteiger partial charge in [-0.15, -0.1) is 0 Å². The smallest absolute Gasteiger partial charge is 0.177 e. The van der Waals surface area contributed by atoms with E-state index < -0.39 is 9.84 Å². The molecule has 0 fully saturated rings. The largest absolute Gasteiger partial charge is 0.486 e. The fourth-order valence-electron chi connectivity index (χ4n) is 3.46. The predicted octanol–water partition coefficient (Wildman–Crippen LogP) is 4.81. The fourth-order valence-corrected chi connectivity index (χ4v) is 4.21. The molecule has 0 saturated heterocycles. The summed E-state index contributed by atoms with van der Waals surface area (Å²) in [4.78, 5) is 8.50. The Morgan fingerprint density at radius 3 is 2.70 bits per heavy atom. The molecule has 1 aromatic carbocycles. The highest BCUT2D eigenvalue weighted by Gasteiger charge is 2.15. The van der Waals surface area contributed by atoms with Crippen LogP contribution in [0.3, 0.4) is 0 Å². The Morgan fingerprint density at radius 1 is 1.12 bits per heavy atom. The highest BCUT2D eigenvalue weighted by Crippen LogP contribution is 2.34. The fraction of sp³-hybridized carbons (Fsp3) is 0.207. The van der Waals surface area contributed by atoms with E-state index in [-0.39, 0.29) is 23.7 Å². The molecule has 0 aliphatic heterocycles. The molecule has 0 aliphatic carbocycles. The first kappa shape index (κ1) is 28.7. The van der Waals surface area contributed by atoms with Crippen LogP contribution in [-0.4, -0.2) is 36.9 Å². The summed E-state index contributed by atoms with van der Waals surface area (Å²) in [6, 6.07) is 16.1. The molecule has 204 valence electrons. The maximum absolute atomic E-state index is 11.3. The van der Waals surface area contributed by atoms with Crippen LogP contribution < -0.4 is 14.8 Å². The minimum atomic E-state index is -3.04. The number of rotatable bonds is 10. The summed E-state index contributed by atoms with van der Waals surface area (Å²) < 4.78 is 40.1. The van der Waals surface area contributed by atoms with E-state index in [1.807, 2.05) is 18.2 Å². The number of benzene rings is 1. The number of halogens is 1. The van der Waals surface area contributed by atoms with Crippen LogP contribution in [0.25, 0.3) is 0 Å². The first-order chi connectivity index (χ1) is 19.2. The molecular formula is C29H25ClN4O5S. The molecule has 0 unspecified atom stereocenters. The number of aryl methyl sites for hydroxylation is 1. The van der Waals surface area contributed by atoms with Crippen molar-refractivity contribution in [3.05, 3.63) is 100.0 Å². The van der Waals surface area contributed by atoms with Gasteiger partial charge in [0.2, 0.25) is 0 Å². The van der Waals surface area contributed by atoms with Gasteiger partial charge in [-0.3, -0.25) is 9.97 Å². The molecule has 0 atom stereocenters. The topological polar surface area (TPSA) is 127 Å². The quantitative estimate of drug-likeness (QED) is 0.209. The standard InChI is InChI=1S/C29H25ClN4O5S/c1-20-26(10-8-23-6-7-25(38-23)18-32-13-14-40(2,35)36)29(21(16-31)17-34-20)39-24-9-11-28(27(30)15-24)37-19-22-5-3-4-12-33-22/h3-7,9,11-12,15,17,32H,13-14,18-19H2,1-2H3. The lowest BCUT2D eigenvalue weighted by Gasteiger charge is -2.13. The van der Waals surface area contributed by atoms with Gasteiger partial charge in [-0.2, -0.15) is 5.26 Å². The van der Waals surface area contributed by atoms with E-state index in [0.29, 0.717) is 52.4 Å². The molecule has 4 aromatic rings. The van der Waals surface area contributed by atoms with E-state index >= 15 is 0 Å². The summed E-state index contributed by atoms with van der Waals surface area (Å²) in [6.07, 6.45) is 4.30. The molecule has 0 aliphatic rings. The lowest BCUT2D eigenvalue weighted by molar-refractivity contribution is 0.301. The van der Waals surface area contributed by atoms with E-state index in [2.05, 4.69) is 33.2 Å². The number of nitriles is 1. The average Bonchev–Trinajstić information content (AvgIpc) is 3.38. The number of furan rings is 1. The molecule has 3 heterocycles. The van der Waals surface area contributed by atoms with Gasteiger partial charge in [-0.1, -0.05) is 23.6 Å². The second-order valence-electron chi connectivity index (χ2n) is 8.70. The number of nitrogens with one attached hydrogen (secondary N) is 1. The van der Waals surface area contributed by atoms with Crippen molar-refractivity contribution < 1.29 is 22.3 Å². The number of hydrogen-bond acceptors (Lipinski definition) is 9. The van der Waals surface area contributed by atoms with Gasteiger partial charge in [-0.05, 0) is 49.2 Å². The molecule has 11 heteroatoms. The summed E-state index contributed by atoms with van der Waals surface area (Å²) in [5.41, 5.74) is 1.96. The zero-order valence-corrected chi connectivity index (χ0v) is 23.3. The average molecular weight is 577 g/mol. The maximum atomic E-state index is 11.3. The maximum Gasteiger partial charge on any atom is 0.177 e. The molecule has 1 N–H and O–H groups in total. The first-order valence-electron chi connectivity index (χ1n) is 12.1. The molecule has 9 nitrogen and oxygen atoms in total. The molecule has 0 radical (unpaired) electrons.